The Balaban J connectivity index is 4.60. The average Bonchev–Trinajstić information content (AvgIpc) is 2.45. The number of aliphatic hydroxyl groups excluding tert-OH is 3. The van der Waals surface area contributed by atoms with Crippen LogP contribution in [0.3, 0.4) is 0 Å². The minimum Gasteiger partial charge on any atom is -0.481 e. The smallest absolute Gasteiger partial charge is 0.307 e. The van der Waals surface area contributed by atoms with Crippen molar-refractivity contribution in [2.45, 2.75) is 58.3 Å². The summed E-state index contributed by atoms with van der Waals surface area (Å²) in [4.78, 5) is 11.5. The molecule has 0 aliphatic heterocycles. The monoisotopic (exact) mass is 290 g/mol. The van der Waals surface area contributed by atoms with Gasteiger partial charge in [-0.15, -0.1) is 0 Å². The summed E-state index contributed by atoms with van der Waals surface area (Å²) in [5.74, 6) is -1.73. The van der Waals surface area contributed by atoms with Crippen LogP contribution in [0.15, 0.2) is 0 Å². The summed E-state index contributed by atoms with van der Waals surface area (Å²) in [6.07, 6.45) is 6.31. The van der Waals surface area contributed by atoms with E-state index in [9.17, 15) is 20.1 Å². The lowest BCUT2D eigenvalue weighted by molar-refractivity contribution is -0.151. The summed E-state index contributed by atoms with van der Waals surface area (Å²) in [6, 6.07) is 0. The van der Waals surface area contributed by atoms with E-state index in [4.69, 9.17) is 5.11 Å². The molecule has 20 heavy (non-hydrogen) atoms. The van der Waals surface area contributed by atoms with E-state index in [1.807, 2.05) is 0 Å². The fourth-order valence-electron chi connectivity index (χ4n) is 2.68. The molecule has 0 radical (unpaired) electrons. The number of carboxylic acid groups (broad SMARTS) is 1. The standard InChI is InChI=1S/C15H30O5/c1-2-3-4-5-6-8-13(14(19)20)15(11-17,12-18)9-7-10-16/h13,16-18H,2-12H2,1H3,(H,19,20). The number of unbranched alkanes of at least 4 members (excludes halogenated alkanes) is 4. The Bertz CT molecular complexity index is 251. The Morgan fingerprint density at radius 3 is 2.05 bits per heavy atom. The molecule has 0 aromatic carbocycles. The van der Waals surface area contributed by atoms with Crippen LogP contribution in [-0.2, 0) is 4.79 Å². The van der Waals surface area contributed by atoms with E-state index in [0.29, 0.717) is 19.3 Å². The molecule has 0 amide bonds. The summed E-state index contributed by atoms with van der Waals surface area (Å²) in [6.45, 7) is 1.33. The molecule has 0 heterocycles. The van der Waals surface area contributed by atoms with Crippen LogP contribution in [0.1, 0.15) is 58.3 Å². The van der Waals surface area contributed by atoms with Crippen molar-refractivity contribution in [3.05, 3.63) is 0 Å². The molecule has 0 spiro atoms. The van der Waals surface area contributed by atoms with Crippen LogP contribution in [-0.4, -0.2) is 46.2 Å². The maximum Gasteiger partial charge on any atom is 0.307 e. The molecule has 0 fully saturated rings. The number of hydrogen-bond acceptors (Lipinski definition) is 4. The van der Waals surface area contributed by atoms with Gasteiger partial charge in [0, 0.05) is 12.0 Å². The first kappa shape index (κ1) is 19.4. The predicted molar refractivity (Wildman–Crippen MR) is 77.4 cm³/mol. The van der Waals surface area contributed by atoms with Crippen molar-refractivity contribution in [2.24, 2.45) is 11.3 Å². The zero-order chi connectivity index (χ0) is 15.4. The van der Waals surface area contributed by atoms with Gasteiger partial charge in [0.25, 0.3) is 0 Å². The highest BCUT2D eigenvalue weighted by atomic mass is 16.4. The van der Waals surface area contributed by atoms with Gasteiger partial charge in [0.05, 0.1) is 19.1 Å². The van der Waals surface area contributed by atoms with Gasteiger partial charge in [0.1, 0.15) is 0 Å². The van der Waals surface area contributed by atoms with Crippen LogP contribution in [0.5, 0.6) is 0 Å². The molecule has 0 aromatic heterocycles. The lowest BCUT2D eigenvalue weighted by atomic mass is 9.71. The van der Waals surface area contributed by atoms with Gasteiger partial charge in [-0.25, -0.2) is 0 Å². The van der Waals surface area contributed by atoms with Crippen LogP contribution in [0.25, 0.3) is 0 Å². The topological polar surface area (TPSA) is 98.0 Å². The predicted octanol–water partition coefficient (Wildman–Crippen LogP) is 1.79. The highest BCUT2D eigenvalue weighted by molar-refractivity contribution is 5.71. The lowest BCUT2D eigenvalue weighted by Crippen LogP contribution is -2.42. The van der Waals surface area contributed by atoms with E-state index < -0.39 is 17.3 Å². The SMILES string of the molecule is CCCCCCCC(C(=O)O)C(CO)(CO)CCCO. The minimum atomic E-state index is -1.03. The second kappa shape index (κ2) is 11.1. The van der Waals surface area contributed by atoms with E-state index in [1.54, 1.807) is 0 Å². The normalized spacial score (nSPS) is 13.4. The maximum atomic E-state index is 11.5. The molecule has 4 N–H and O–H groups in total. The third-order valence-electron chi connectivity index (χ3n) is 4.10. The van der Waals surface area contributed by atoms with Crippen molar-refractivity contribution >= 4 is 5.97 Å². The number of hydrogen-bond donors (Lipinski definition) is 4. The first-order chi connectivity index (χ1) is 9.57. The molecule has 5 heteroatoms. The van der Waals surface area contributed by atoms with E-state index in [0.717, 1.165) is 32.1 Å². The highest BCUT2D eigenvalue weighted by Crippen LogP contribution is 2.36. The zero-order valence-corrected chi connectivity index (χ0v) is 12.6. The van der Waals surface area contributed by atoms with E-state index in [1.165, 1.54) is 0 Å². The summed E-state index contributed by atoms with van der Waals surface area (Å²) in [5.41, 5.74) is -1.03. The average molecular weight is 290 g/mol. The quantitative estimate of drug-likeness (QED) is 0.388. The Morgan fingerprint density at radius 2 is 1.60 bits per heavy atom. The first-order valence-corrected chi connectivity index (χ1v) is 7.63. The van der Waals surface area contributed by atoms with Crippen LogP contribution < -0.4 is 0 Å². The van der Waals surface area contributed by atoms with Gasteiger partial charge in [-0.2, -0.15) is 0 Å². The molecule has 0 saturated carbocycles. The van der Waals surface area contributed by atoms with Crippen molar-refractivity contribution in [1.29, 1.82) is 0 Å². The van der Waals surface area contributed by atoms with Crippen molar-refractivity contribution in [1.82, 2.24) is 0 Å². The van der Waals surface area contributed by atoms with Crippen molar-refractivity contribution < 1.29 is 25.2 Å². The summed E-state index contributed by atoms with van der Waals surface area (Å²) < 4.78 is 0. The molecule has 0 saturated heterocycles. The molecule has 1 atom stereocenters. The van der Waals surface area contributed by atoms with Crippen LogP contribution in [0.4, 0.5) is 0 Å². The summed E-state index contributed by atoms with van der Waals surface area (Å²) >= 11 is 0. The van der Waals surface area contributed by atoms with Crippen LogP contribution >= 0.6 is 0 Å². The third kappa shape index (κ3) is 6.20. The van der Waals surface area contributed by atoms with E-state index in [2.05, 4.69) is 6.92 Å². The van der Waals surface area contributed by atoms with E-state index in [-0.39, 0.29) is 19.8 Å². The van der Waals surface area contributed by atoms with Crippen molar-refractivity contribution in [3.63, 3.8) is 0 Å². The van der Waals surface area contributed by atoms with Gasteiger partial charge < -0.3 is 20.4 Å². The number of rotatable bonds is 13. The summed E-state index contributed by atoms with van der Waals surface area (Å²) in [7, 11) is 0. The molecule has 0 aliphatic carbocycles. The Labute approximate surface area is 121 Å². The molecule has 0 aliphatic rings. The molecule has 1 unspecified atom stereocenters. The molecule has 5 nitrogen and oxygen atoms in total. The van der Waals surface area contributed by atoms with Gasteiger partial charge in [0.15, 0.2) is 0 Å². The zero-order valence-electron chi connectivity index (χ0n) is 12.6. The maximum absolute atomic E-state index is 11.5. The second-order valence-electron chi connectivity index (χ2n) is 5.60. The molecule has 120 valence electrons. The third-order valence-corrected chi connectivity index (χ3v) is 4.10. The van der Waals surface area contributed by atoms with Crippen LogP contribution in [0, 0.1) is 11.3 Å². The number of aliphatic hydroxyl groups is 3. The first-order valence-electron chi connectivity index (χ1n) is 7.63. The molecule has 0 aromatic rings. The molecular weight excluding hydrogens is 260 g/mol. The Hall–Kier alpha value is -0.650. The molecule has 0 rings (SSSR count). The fourth-order valence-corrected chi connectivity index (χ4v) is 2.68. The van der Waals surface area contributed by atoms with Gasteiger partial charge in [-0.1, -0.05) is 39.0 Å². The number of carbonyl (C=O) groups is 1. The van der Waals surface area contributed by atoms with E-state index >= 15 is 0 Å². The Morgan fingerprint density at radius 1 is 1.00 bits per heavy atom. The van der Waals surface area contributed by atoms with Crippen LogP contribution in [0.2, 0.25) is 0 Å². The van der Waals surface area contributed by atoms with Gasteiger partial charge in [-0.3, -0.25) is 4.79 Å². The fraction of sp³-hybridized carbons (Fsp3) is 0.933. The summed E-state index contributed by atoms with van der Waals surface area (Å²) in [5, 5.41) is 37.4. The lowest BCUT2D eigenvalue weighted by Gasteiger charge is -2.35. The second-order valence-corrected chi connectivity index (χ2v) is 5.60. The largest absolute Gasteiger partial charge is 0.481 e. The molecular formula is C15H30O5. The molecule has 0 bridgehead atoms. The highest BCUT2D eigenvalue weighted by Gasteiger charge is 2.41. The minimum absolute atomic E-state index is 0.0649. The van der Waals surface area contributed by atoms with Gasteiger partial charge in [0.2, 0.25) is 0 Å². The van der Waals surface area contributed by atoms with Crippen molar-refractivity contribution in [3.8, 4) is 0 Å². The van der Waals surface area contributed by atoms with Gasteiger partial charge >= 0.3 is 5.97 Å². The number of aliphatic carboxylic acids is 1. The van der Waals surface area contributed by atoms with Gasteiger partial charge in [-0.05, 0) is 19.3 Å². The Kier molecular flexibility index (Phi) is 10.7. The number of carboxylic acids is 1. The van der Waals surface area contributed by atoms with Crippen molar-refractivity contribution in [2.75, 3.05) is 19.8 Å².